The van der Waals surface area contributed by atoms with Crippen LogP contribution >= 0.6 is 11.8 Å². The molecule has 146 valence electrons. The smallest absolute Gasteiger partial charge is 0.166 e. The zero-order valence-corrected chi connectivity index (χ0v) is 16.3. The molecule has 1 saturated carbocycles. The van der Waals surface area contributed by atoms with Crippen LogP contribution < -0.4 is 16.8 Å². The number of allylic oxidation sites excluding steroid dienone is 1. The van der Waals surface area contributed by atoms with Crippen molar-refractivity contribution in [1.29, 1.82) is 10.8 Å². The Morgan fingerprint density at radius 1 is 1.25 bits per heavy atom. The van der Waals surface area contributed by atoms with Crippen molar-refractivity contribution in [2.45, 2.75) is 32.1 Å². The van der Waals surface area contributed by atoms with Crippen LogP contribution in [0.3, 0.4) is 0 Å². The first-order valence-corrected chi connectivity index (χ1v) is 9.97. The Balaban J connectivity index is 1.75. The lowest BCUT2D eigenvalue weighted by molar-refractivity contribution is 0.442. The number of aromatic nitrogens is 2. The molecule has 28 heavy (non-hydrogen) atoms. The molecule has 8 nitrogen and oxygen atoms in total. The number of nitrogens with one attached hydrogen (secondary N) is 3. The summed E-state index contributed by atoms with van der Waals surface area (Å²) in [6.45, 7) is 0. The van der Waals surface area contributed by atoms with Gasteiger partial charge in [0.2, 0.25) is 0 Å². The Bertz CT molecular complexity index is 931. The first-order valence-electron chi connectivity index (χ1n) is 9.15. The van der Waals surface area contributed by atoms with Crippen molar-refractivity contribution < 1.29 is 0 Å². The highest BCUT2D eigenvalue weighted by molar-refractivity contribution is 8.26. The number of anilines is 1. The minimum atomic E-state index is 0.300. The lowest BCUT2D eigenvalue weighted by atomic mass is 9.90. The summed E-state index contributed by atoms with van der Waals surface area (Å²) in [5, 5.41) is 19.5. The van der Waals surface area contributed by atoms with Crippen molar-refractivity contribution in [1.82, 2.24) is 9.97 Å². The van der Waals surface area contributed by atoms with Crippen LogP contribution in [-0.2, 0) is 0 Å². The third kappa shape index (κ3) is 5.07. The molecule has 1 aliphatic carbocycles. The van der Waals surface area contributed by atoms with Gasteiger partial charge in [0.1, 0.15) is 0 Å². The summed E-state index contributed by atoms with van der Waals surface area (Å²) in [4.78, 5) is 13.2. The molecule has 2 aromatic rings. The minimum Gasteiger partial charge on any atom is -0.403 e. The van der Waals surface area contributed by atoms with E-state index in [4.69, 9.17) is 22.3 Å². The Hall–Kier alpha value is -2.94. The second-order valence-corrected chi connectivity index (χ2v) is 7.64. The molecular weight excluding hydrogens is 372 g/mol. The highest BCUT2D eigenvalue weighted by Crippen LogP contribution is 2.29. The van der Waals surface area contributed by atoms with Crippen molar-refractivity contribution >= 4 is 50.7 Å². The number of pyridine rings is 2. The van der Waals surface area contributed by atoms with Crippen molar-refractivity contribution in [3.63, 3.8) is 0 Å². The van der Waals surface area contributed by atoms with Gasteiger partial charge in [0.05, 0.1) is 33.7 Å². The maximum absolute atomic E-state index is 8.27. The molecule has 2 heterocycles. The molecule has 0 amide bonds. The summed E-state index contributed by atoms with van der Waals surface area (Å²) >= 11 is 1.22. The highest BCUT2D eigenvalue weighted by atomic mass is 32.2. The van der Waals surface area contributed by atoms with Crippen LogP contribution in [0.4, 0.5) is 11.5 Å². The van der Waals surface area contributed by atoms with E-state index in [2.05, 4.69) is 20.3 Å². The fourth-order valence-electron chi connectivity index (χ4n) is 3.12. The molecule has 0 atom stereocenters. The number of hydrogen-bond donors (Lipinski definition) is 5. The molecule has 0 spiro atoms. The molecule has 0 radical (unpaired) electrons. The predicted molar refractivity (Wildman–Crippen MR) is 117 cm³/mol. The number of fused-ring (bicyclic) bond motifs is 1. The maximum atomic E-state index is 8.27. The molecule has 9 heteroatoms. The van der Waals surface area contributed by atoms with E-state index in [9.17, 15) is 0 Å². The van der Waals surface area contributed by atoms with Gasteiger partial charge in [-0.15, -0.1) is 0 Å². The van der Waals surface area contributed by atoms with Gasteiger partial charge in [0.15, 0.2) is 11.0 Å². The third-order valence-electron chi connectivity index (χ3n) is 4.56. The quantitative estimate of drug-likeness (QED) is 0.384. The van der Waals surface area contributed by atoms with E-state index in [1.165, 1.54) is 37.2 Å². The number of thioether (sulfide) groups is 1. The monoisotopic (exact) mass is 396 g/mol. The molecular formula is C19H24N8S. The van der Waals surface area contributed by atoms with Crippen LogP contribution in [0, 0.1) is 16.7 Å². The van der Waals surface area contributed by atoms with Gasteiger partial charge in [0.25, 0.3) is 0 Å². The molecule has 1 aliphatic rings. The number of aliphatic imine (C=N–C) groups is 1. The van der Waals surface area contributed by atoms with E-state index in [0.717, 1.165) is 24.6 Å². The summed E-state index contributed by atoms with van der Waals surface area (Å²) in [5.74, 6) is 0.767. The predicted octanol–water partition coefficient (Wildman–Crippen LogP) is 3.73. The number of nitrogens with zero attached hydrogens (tertiary/aromatic N) is 3. The van der Waals surface area contributed by atoms with E-state index in [0.29, 0.717) is 38.8 Å². The molecule has 2 aromatic heterocycles. The molecule has 1 fully saturated rings. The largest absolute Gasteiger partial charge is 0.403 e. The molecule has 0 aromatic carbocycles. The maximum Gasteiger partial charge on any atom is 0.166 e. The molecule has 0 bridgehead atoms. The van der Waals surface area contributed by atoms with Gasteiger partial charge in [-0.05, 0) is 42.8 Å². The van der Waals surface area contributed by atoms with Gasteiger partial charge in [-0.25, -0.2) is 9.98 Å². The highest BCUT2D eigenvalue weighted by Gasteiger charge is 2.19. The summed E-state index contributed by atoms with van der Waals surface area (Å²) in [5.41, 5.74) is 14.0. The van der Waals surface area contributed by atoms with E-state index in [1.807, 2.05) is 12.1 Å². The van der Waals surface area contributed by atoms with Crippen LogP contribution in [0.25, 0.3) is 11.0 Å². The average Bonchev–Trinajstić information content (AvgIpc) is 2.72. The molecule has 0 unspecified atom stereocenters. The SMILES string of the molecule is N=CC(=CN)Nc1cnc2ccc(N=C(N)SC(=N)C3CCCCC3)nc2c1. The lowest BCUT2D eigenvalue weighted by Crippen LogP contribution is -2.18. The van der Waals surface area contributed by atoms with Crippen LogP contribution in [0.5, 0.6) is 0 Å². The lowest BCUT2D eigenvalue weighted by Gasteiger charge is -2.21. The standard InChI is InChI=1S/C19H24N8S/c20-9-14(10-21)25-13-8-16-15(24-11-13)6-7-17(26-16)27-19(23)28-18(22)12-4-2-1-3-5-12/h6-12,20,22,25H,1-5,21H2,(H2,23,26,27). The van der Waals surface area contributed by atoms with Crippen LogP contribution in [0.2, 0.25) is 0 Å². The van der Waals surface area contributed by atoms with Crippen LogP contribution in [-0.4, -0.2) is 26.4 Å². The average molecular weight is 397 g/mol. The number of rotatable bonds is 5. The second kappa shape index (κ2) is 9.32. The Labute approximate surface area is 167 Å². The molecule has 0 aliphatic heterocycles. The fourth-order valence-corrected chi connectivity index (χ4v) is 3.88. The van der Waals surface area contributed by atoms with Crippen LogP contribution in [0.1, 0.15) is 32.1 Å². The van der Waals surface area contributed by atoms with Gasteiger partial charge < -0.3 is 22.2 Å². The van der Waals surface area contributed by atoms with E-state index in [1.54, 1.807) is 12.3 Å². The molecule has 3 rings (SSSR count). The second-order valence-electron chi connectivity index (χ2n) is 6.57. The Morgan fingerprint density at radius 2 is 2.04 bits per heavy atom. The summed E-state index contributed by atoms with van der Waals surface area (Å²) in [6, 6.07) is 5.39. The third-order valence-corrected chi connectivity index (χ3v) is 5.42. The number of nitrogens with two attached hydrogens (primary N) is 2. The van der Waals surface area contributed by atoms with Crippen LogP contribution in [0.15, 0.2) is 41.3 Å². The van der Waals surface area contributed by atoms with E-state index in [-0.39, 0.29) is 0 Å². The molecule has 0 saturated heterocycles. The Morgan fingerprint density at radius 3 is 2.75 bits per heavy atom. The van der Waals surface area contributed by atoms with Crippen molar-refractivity contribution in [3.8, 4) is 0 Å². The number of amidine groups is 1. The topological polar surface area (TPSA) is 150 Å². The summed E-state index contributed by atoms with van der Waals surface area (Å²) in [7, 11) is 0. The van der Waals surface area contributed by atoms with E-state index >= 15 is 0 Å². The van der Waals surface area contributed by atoms with Crippen molar-refractivity contribution in [2.75, 3.05) is 5.32 Å². The molecule has 7 N–H and O–H groups in total. The zero-order chi connectivity index (χ0) is 19.9. The number of hydrogen-bond acceptors (Lipinski definition) is 8. The first-order chi connectivity index (χ1) is 13.6. The summed E-state index contributed by atoms with van der Waals surface area (Å²) in [6.07, 6.45) is 9.82. The fraction of sp³-hybridized carbons (Fsp3) is 0.316. The normalized spacial score (nSPS) is 16.1. The first kappa shape index (κ1) is 19.8. The van der Waals surface area contributed by atoms with Crippen molar-refractivity contribution in [3.05, 3.63) is 36.3 Å². The van der Waals surface area contributed by atoms with Gasteiger partial charge >= 0.3 is 0 Å². The minimum absolute atomic E-state index is 0.300. The zero-order valence-electron chi connectivity index (χ0n) is 15.5. The van der Waals surface area contributed by atoms with Gasteiger partial charge in [-0.2, -0.15) is 0 Å². The van der Waals surface area contributed by atoms with Gasteiger partial charge in [-0.1, -0.05) is 19.3 Å². The van der Waals surface area contributed by atoms with E-state index < -0.39 is 0 Å². The van der Waals surface area contributed by atoms with Crippen molar-refractivity contribution in [2.24, 2.45) is 22.4 Å². The Kier molecular flexibility index (Phi) is 6.59. The summed E-state index contributed by atoms with van der Waals surface area (Å²) < 4.78 is 0. The van der Waals surface area contributed by atoms with Gasteiger partial charge in [-0.3, -0.25) is 10.4 Å². The van der Waals surface area contributed by atoms with Gasteiger partial charge in [0, 0.05) is 18.3 Å².